The number of anilines is 2. The highest BCUT2D eigenvalue weighted by Crippen LogP contribution is 2.36. The van der Waals surface area contributed by atoms with E-state index in [0.29, 0.717) is 18.5 Å². The molecule has 1 atom stereocenters. The van der Waals surface area contributed by atoms with Crippen LogP contribution in [-0.2, 0) is 0 Å². The van der Waals surface area contributed by atoms with Crippen LogP contribution in [0.1, 0.15) is 52.9 Å². The van der Waals surface area contributed by atoms with Gasteiger partial charge in [-0.2, -0.15) is 4.37 Å². The number of rotatable bonds is 9. The van der Waals surface area contributed by atoms with Crippen LogP contribution in [0.4, 0.5) is 10.8 Å². The lowest BCUT2D eigenvalue weighted by Crippen LogP contribution is -2.19. The quantitative estimate of drug-likeness (QED) is 0.715. The van der Waals surface area contributed by atoms with Crippen LogP contribution in [0.25, 0.3) is 0 Å². The minimum Gasteiger partial charge on any atom is -0.487 e. The van der Waals surface area contributed by atoms with Gasteiger partial charge in [-0.25, -0.2) is 0 Å². The number of ether oxygens (including phenoxy) is 1. The van der Waals surface area contributed by atoms with Crippen LogP contribution in [0.5, 0.6) is 5.75 Å². The molecule has 1 aromatic rings. The monoisotopic (exact) mass is 271 g/mol. The topological polar surface area (TPSA) is 60.2 Å². The zero-order valence-electron chi connectivity index (χ0n) is 11.7. The van der Waals surface area contributed by atoms with Crippen molar-refractivity contribution in [2.45, 2.75) is 58.9 Å². The summed E-state index contributed by atoms with van der Waals surface area (Å²) in [6, 6.07) is 0.494. The van der Waals surface area contributed by atoms with E-state index in [1.807, 2.05) is 6.92 Å². The fraction of sp³-hybridized carbons (Fsp3) is 0.769. The van der Waals surface area contributed by atoms with Crippen LogP contribution < -0.4 is 15.8 Å². The van der Waals surface area contributed by atoms with E-state index in [1.54, 1.807) is 0 Å². The summed E-state index contributed by atoms with van der Waals surface area (Å²) in [5.74, 6) is 1.22. The second-order valence-corrected chi connectivity index (χ2v) is 5.20. The van der Waals surface area contributed by atoms with Crippen LogP contribution in [-0.4, -0.2) is 17.0 Å². The number of nitrogens with one attached hydrogen (secondary N) is 1. The Labute approximate surface area is 114 Å². The Morgan fingerprint density at radius 3 is 2.67 bits per heavy atom. The van der Waals surface area contributed by atoms with Crippen molar-refractivity contribution in [2.75, 3.05) is 17.7 Å². The molecule has 0 aromatic carbocycles. The van der Waals surface area contributed by atoms with Gasteiger partial charge in [0.05, 0.1) is 6.61 Å². The summed E-state index contributed by atoms with van der Waals surface area (Å²) < 4.78 is 9.71. The van der Waals surface area contributed by atoms with E-state index in [1.165, 1.54) is 43.6 Å². The van der Waals surface area contributed by atoms with E-state index in [2.05, 4.69) is 23.5 Å². The van der Waals surface area contributed by atoms with Crippen molar-refractivity contribution in [3.05, 3.63) is 0 Å². The Morgan fingerprint density at radius 2 is 2.06 bits per heavy atom. The molecule has 0 bridgehead atoms. The van der Waals surface area contributed by atoms with Gasteiger partial charge in [0.25, 0.3) is 0 Å². The van der Waals surface area contributed by atoms with Crippen molar-refractivity contribution in [1.82, 2.24) is 4.37 Å². The molecule has 18 heavy (non-hydrogen) atoms. The van der Waals surface area contributed by atoms with Crippen LogP contribution in [0, 0.1) is 0 Å². The molecule has 0 aliphatic carbocycles. The van der Waals surface area contributed by atoms with E-state index in [4.69, 9.17) is 10.5 Å². The predicted octanol–water partition coefficient (Wildman–Crippen LogP) is 3.89. The lowest BCUT2D eigenvalue weighted by molar-refractivity contribution is 0.343. The zero-order chi connectivity index (χ0) is 13.4. The maximum absolute atomic E-state index is 5.81. The third kappa shape index (κ3) is 4.37. The summed E-state index contributed by atoms with van der Waals surface area (Å²) in [6.45, 7) is 7.01. The van der Waals surface area contributed by atoms with Gasteiger partial charge >= 0.3 is 0 Å². The summed E-state index contributed by atoms with van der Waals surface area (Å²) >= 11 is 1.39. The number of aromatic nitrogens is 1. The summed E-state index contributed by atoms with van der Waals surface area (Å²) in [5.41, 5.74) is 5.81. The molecule has 3 N–H and O–H groups in total. The number of nitrogens with two attached hydrogens (primary N) is 1. The van der Waals surface area contributed by atoms with Gasteiger partial charge < -0.3 is 15.8 Å². The molecule has 1 heterocycles. The standard InChI is InChI=1S/C13H25N3OS/c1-4-7-9-10(8-5-2)15-13-11(17-6-3)12(14)16-18-13/h10,15H,4-9H2,1-3H3,(H2,14,16). The molecule has 0 amide bonds. The third-order valence-electron chi connectivity index (χ3n) is 2.84. The smallest absolute Gasteiger partial charge is 0.197 e. The summed E-state index contributed by atoms with van der Waals surface area (Å²) in [4.78, 5) is 0. The molecule has 0 saturated heterocycles. The Bertz CT molecular complexity index is 341. The first-order valence-electron chi connectivity index (χ1n) is 6.87. The molecule has 104 valence electrons. The Balaban J connectivity index is 2.66. The van der Waals surface area contributed by atoms with Crippen molar-refractivity contribution >= 4 is 22.4 Å². The summed E-state index contributed by atoms with van der Waals surface area (Å²) in [7, 11) is 0. The highest BCUT2D eigenvalue weighted by Gasteiger charge is 2.16. The minimum absolute atomic E-state index is 0.494. The van der Waals surface area contributed by atoms with Gasteiger partial charge in [-0.05, 0) is 31.3 Å². The number of hydrogen-bond acceptors (Lipinski definition) is 5. The van der Waals surface area contributed by atoms with Crippen molar-refractivity contribution in [3.8, 4) is 5.75 Å². The van der Waals surface area contributed by atoms with Crippen molar-refractivity contribution < 1.29 is 4.74 Å². The molecular weight excluding hydrogens is 246 g/mol. The molecule has 0 fully saturated rings. The number of nitrogens with zero attached hydrogens (tertiary/aromatic N) is 1. The highest BCUT2D eigenvalue weighted by molar-refractivity contribution is 7.11. The van der Waals surface area contributed by atoms with Crippen LogP contribution in [0.3, 0.4) is 0 Å². The summed E-state index contributed by atoms with van der Waals surface area (Å²) in [6.07, 6.45) is 6.01. The molecule has 1 unspecified atom stereocenters. The SMILES string of the molecule is CCCCC(CCC)Nc1snc(N)c1OCC. The van der Waals surface area contributed by atoms with Gasteiger partial charge in [-0.3, -0.25) is 0 Å². The second-order valence-electron chi connectivity index (χ2n) is 4.43. The van der Waals surface area contributed by atoms with Gasteiger partial charge in [0.1, 0.15) is 0 Å². The lowest BCUT2D eigenvalue weighted by Gasteiger charge is -2.18. The molecule has 0 aliphatic rings. The molecule has 0 spiro atoms. The molecule has 0 saturated carbocycles. The van der Waals surface area contributed by atoms with E-state index in [-0.39, 0.29) is 0 Å². The first kappa shape index (κ1) is 15.1. The Morgan fingerprint density at radius 1 is 1.28 bits per heavy atom. The van der Waals surface area contributed by atoms with E-state index < -0.39 is 0 Å². The maximum atomic E-state index is 5.81. The minimum atomic E-state index is 0.494. The average Bonchev–Trinajstić information content (AvgIpc) is 2.69. The fourth-order valence-electron chi connectivity index (χ4n) is 1.94. The normalized spacial score (nSPS) is 12.4. The van der Waals surface area contributed by atoms with Gasteiger partial charge in [0, 0.05) is 6.04 Å². The van der Waals surface area contributed by atoms with E-state index in [0.717, 1.165) is 10.8 Å². The average molecular weight is 271 g/mol. The molecule has 1 aromatic heterocycles. The predicted molar refractivity (Wildman–Crippen MR) is 79.5 cm³/mol. The second kappa shape index (κ2) is 8.19. The molecule has 5 heteroatoms. The van der Waals surface area contributed by atoms with Crippen LogP contribution >= 0.6 is 11.5 Å². The van der Waals surface area contributed by atoms with Crippen molar-refractivity contribution in [1.29, 1.82) is 0 Å². The first-order chi connectivity index (χ1) is 8.72. The van der Waals surface area contributed by atoms with Gasteiger partial charge in [0.2, 0.25) is 0 Å². The number of hydrogen-bond donors (Lipinski definition) is 2. The first-order valence-corrected chi connectivity index (χ1v) is 7.64. The largest absolute Gasteiger partial charge is 0.487 e. The molecule has 1 rings (SSSR count). The van der Waals surface area contributed by atoms with Gasteiger partial charge in [-0.1, -0.05) is 33.1 Å². The maximum Gasteiger partial charge on any atom is 0.197 e. The highest BCUT2D eigenvalue weighted by atomic mass is 32.1. The molecule has 0 aliphatic heterocycles. The number of nitrogen functional groups attached to an aromatic ring is 1. The molecule has 0 radical (unpaired) electrons. The third-order valence-corrected chi connectivity index (χ3v) is 3.62. The zero-order valence-corrected chi connectivity index (χ0v) is 12.5. The fourth-order valence-corrected chi connectivity index (χ4v) is 2.68. The van der Waals surface area contributed by atoms with Crippen molar-refractivity contribution in [2.24, 2.45) is 0 Å². The Kier molecular flexibility index (Phi) is 6.86. The lowest BCUT2D eigenvalue weighted by atomic mass is 10.1. The van der Waals surface area contributed by atoms with Crippen LogP contribution in [0.15, 0.2) is 0 Å². The molecular formula is C13H25N3OS. The Hall–Kier alpha value is -0.970. The van der Waals surface area contributed by atoms with E-state index in [9.17, 15) is 0 Å². The molecule has 4 nitrogen and oxygen atoms in total. The van der Waals surface area contributed by atoms with Crippen LogP contribution in [0.2, 0.25) is 0 Å². The van der Waals surface area contributed by atoms with E-state index >= 15 is 0 Å². The number of unbranched alkanes of at least 4 members (excludes halogenated alkanes) is 1. The van der Waals surface area contributed by atoms with Gasteiger partial charge in [-0.15, -0.1) is 0 Å². The van der Waals surface area contributed by atoms with Gasteiger partial charge in [0.15, 0.2) is 16.6 Å². The summed E-state index contributed by atoms with van der Waals surface area (Å²) in [5, 5.41) is 4.52. The van der Waals surface area contributed by atoms with Crippen molar-refractivity contribution in [3.63, 3.8) is 0 Å².